The Morgan fingerprint density at radius 1 is 1.44 bits per heavy atom. The highest BCUT2D eigenvalue weighted by Gasteiger charge is 2.34. The lowest BCUT2D eigenvalue weighted by molar-refractivity contribution is 0.0906. The summed E-state index contributed by atoms with van der Waals surface area (Å²) in [6.45, 7) is 0. The van der Waals surface area contributed by atoms with Crippen LogP contribution in [0.15, 0.2) is 18.2 Å². The summed E-state index contributed by atoms with van der Waals surface area (Å²) < 4.78 is 13.6. The van der Waals surface area contributed by atoms with Gasteiger partial charge in [0.25, 0.3) is 5.91 Å². The molecule has 2 nitrogen and oxygen atoms in total. The van der Waals surface area contributed by atoms with E-state index in [4.69, 9.17) is 11.6 Å². The number of alkyl halides is 1. The number of rotatable bonds is 3. The lowest BCUT2D eigenvalue weighted by Crippen LogP contribution is -2.48. The molecule has 1 aromatic rings. The van der Waals surface area contributed by atoms with Crippen LogP contribution in [0.2, 0.25) is 5.02 Å². The van der Waals surface area contributed by atoms with Crippen molar-refractivity contribution in [2.75, 3.05) is 5.33 Å². The highest BCUT2D eigenvalue weighted by atomic mass is 79.9. The molecule has 0 saturated heterocycles. The maximum Gasteiger partial charge on any atom is 0.254 e. The molecule has 1 aromatic carbocycles. The summed E-state index contributed by atoms with van der Waals surface area (Å²) in [5, 5.41) is 3.94. The summed E-state index contributed by atoms with van der Waals surface area (Å²) in [6, 6.07) is 4.10. The van der Waals surface area contributed by atoms with E-state index in [1.54, 1.807) is 0 Å². The number of carbonyl (C=O) groups is 1. The second-order valence-electron chi connectivity index (χ2n) is 4.70. The molecule has 0 radical (unpaired) electrons. The third-order valence-electron chi connectivity index (χ3n) is 3.37. The first-order chi connectivity index (χ1) is 8.56. The van der Waals surface area contributed by atoms with E-state index >= 15 is 0 Å². The van der Waals surface area contributed by atoms with Crippen molar-refractivity contribution in [3.8, 4) is 0 Å². The molecule has 0 bridgehead atoms. The van der Waals surface area contributed by atoms with Crippen LogP contribution in [0.5, 0.6) is 0 Å². The summed E-state index contributed by atoms with van der Waals surface area (Å²) in [5.74, 6) is -0.951. The van der Waals surface area contributed by atoms with Gasteiger partial charge in [0.2, 0.25) is 0 Å². The molecule has 2 rings (SSSR count). The zero-order chi connectivity index (χ0) is 13.2. The minimum Gasteiger partial charge on any atom is -0.346 e. The highest BCUT2D eigenvalue weighted by molar-refractivity contribution is 9.09. The summed E-state index contributed by atoms with van der Waals surface area (Å²) in [4.78, 5) is 12.1. The summed E-state index contributed by atoms with van der Waals surface area (Å²) >= 11 is 9.10. The molecule has 1 saturated carbocycles. The number of benzene rings is 1. The molecule has 0 aliphatic heterocycles. The van der Waals surface area contributed by atoms with Gasteiger partial charge >= 0.3 is 0 Å². The second-order valence-corrected chi connectivity index (χ2v) is 5.70. The van der Waals surface area contributed by atoms with Crippen LogP contribution in [0, 0.1) is 5.82 Å². The Bertz CT molecular complexity index is 460. The highest BCUT2D eigenvalue weighted by Crippen LogP contribution is 2.31. The topological polar surface area (TPSA) is 29.1 Å². The standard InChI is InChI=1S/C13H14BrClFNO/c14-8-13(5-1-2-6-13)17-12(18)10-4-3-9(15)7-11(10)16/h3-4,7H,1-2,5-6,8H2,(H,17,18). The minimum absolute atomic E-state index is 0.0478. The largest absolute Gasteiger partial charge is 0.346 e. The molecule has 1 N–H and O–H groups in total. The quantitative estimate of drug-likeness (QED) is 0.834. The predicted octanol–water partition coefficient (Wildman–Crippen LogP) is 3.92. The van der Waals surface area contributed by atoms with Gasteiger partial charge in [0, 0.05) is 10.4 Å². The Hall–Kier alpha value is -0.610. The smallest absolute Gasteiger partial charge is 0.254 e. The Balaban J connectivity index is 2.16. The number of nitrogens with one attached hydrogen (secondary N) is 1. The molecule has 0 heterocycles. The lowest BCUT2D eigenvalue weighted by Gasteiger charge is -2.28. The van der Waals surface area contributed by atoms with Gasteiger partial charge < -0.3 is 5.32 Å². The Morgan fingerprint density at radius 3 is 2.67 bits per heavy atom. The van der Waals surface area contributed by atoms with Crippen molar-refractivity contribution in [2.24, 2.45) is 0 Å². The Morgan fingerprint density at radius 2 is 2.11 bits per heavy atom. The van der Waals surface area contributed by atoms with Gasteiger partial charge in [-0.1, -0.05) is 40.4 Å². The van der Waals surface area contributed by atoms with Crippen molar-refractivity contribution in [3.63, 3.8) is 0 Å². The third kappa shape index (κ3) is 2.86. The molecule has 0 aromatic heterocycles. The molecule has 1 aliphatic rings. The Labute approximate surface area is 119 Å². The summed E-state index contributed by atoms with van der Waals surface area (Å²) in [6.07, 6.45) is 4.04. The van der Waals surface area contributed by atoms with E-state index in [1.165, 1.54) is 12.1 Å². The van der Waals surface area contributed by atoms with E-state index in [-0.39, 0.29) is 17.0 Å². The average molecular weight is 335 g/mol. The maximum atomic E-state index is 13.6. The van der Waals surface area contributed by atoms with Crippen LogP contribution >= 0.6 is 27.5 Å². The second kappa shape index (κ2) is 5.57. The molecule has 5 heteroatoms. The van der Waals surface area contributed by atoms with Crippen molar-refractivity contribution < 1.29 is 9.18 Å². The fraction of sp³-hybridized carbons (Fsp3) is 0.462. The van der Waals surface area contributed by atoms with Gasteiger partial charge in [0.15, 0.2) is 0 Å². The van der Waals surface area contributed by atoms with E-state index in [1.807, 2.05) is 0 Å². The molecular weight excluding hydrogens is 321 g/mol. The normalized spacial score (nSPS) is 17.7. The van der Waals surface area contributed by atoms with E-state index in [2.05, 4.69) is 21.2 Å². The molecule has 0 spiro atoms. The zero-order valence-electron chi connectivity index (χ0n) is 9.81. The van der Waals surface area contributed by atoms with Crippen molar-refractivity contribution in [1.29, 1.82) is 0 Å². The van der Waals surface area contributed by atoms with Crippen LogP contribution in [0.1, 0.15) is 36.0 Å². The van der Waals surface area contributed by atoms with E-state index < -0.39 is 5.82 Å². The molecule has 1 fully saturated rings. The van der Waals surface area contributed by atoms with Gasteiger partial charge in [0.1, 0.15) is 5.82 Å². The maximum absolute atomic E-state index is 13.6. The number of amides is 1. The molecule has 1 amide bonds. The average Bonchev–Trinajstić information content (AvgIpc) is 2.78. The monoisotopic (exact) mass is 333 g/mol. The van der Waals surface area contributed by atoms with Gasteiger partial charge in [-0.25, -0.2) is 4.39 Å². The van der Waals surface area contributed by atoms with Gasteiger partial charge in [0.05, 0.1) is 11.1 Å². The lowest BCUT2D eigenvalue weighted by atomic mass is 10.00. The molecular formula is C13H14BrClFNO. The van der Waals surface area contributed by atoms with Crippen LogP contribution in [0.3, 0.4) is 0 Å². The van der Waals surface area contributed by atoms with Crippen molar-refractivity contribution in [2.45, 2.75) is 31.2 Å². The number of hydrogen-bond acceptors (Lipinski definition) is 1. The van der Waals surface area contributed by atoms with Crippen LogP contribution in [0.25, 0.3) is 0 Å². The number of halogens is 3. The minimum atomic E-state index is -0.581. The van der Waals surface area contributed by atoms with Gasteiger partial charge in [-0.15, -0.1) is 0 Å². The number of carbonyl (C=O) groups excluding carboxylic acids is 1. The van der Waals surface area contributed by atoms with Crippen LogP contribution in [-0.2, 0) is 0 Å². The zero-order valence-corrected chi connectivity index (χ0v) is 12.2. The van der Waals surface area contributed by atoms with Crippen LogP contribution < -0.4 is 5.32 Å². The van der Waals surface area contributed by atoms with Gasteiger partial charge in [-0.2, -0.15) is 0 Å². The molecule has 18 heavy (non-hydrogen) atoms. The van der Waals surface area contributed by atoms with Crippen LogP contribution in [0.4, 0.5) is 4.39 Å². The van der Waals surface area contributed by atoms with Gasteiger partial charge in [-0.05, 0) is 31.0 Å². The fourth-order valence-electron chi connectivity index (χ4n) is 2.33. The van der Waals surface area contributed by atoms with Crippen molar-refractivity contribution in [1.82, 2.24) is 5.32 Å². The van der Waals surface area contributed by atoms with E-state index in [0.29, 0.717) is 10.4 Å². The molecule has 98 valence electrons. The third-order valence-corrected chi connectivity index (χ3v) is 4.68. The first-order valence-corrected chi connectivity index (χ1v) is 7.40. The first kappa shape index (κ1) is 13.8. The number of hydrogen-bond donors (Lipinski definition) is 1. The first-order valence-electron chi connectivity index (χ1n) is 5.90. The summed E-state index contributed by atoms with van der Waals surface area (Å²) in [7, 11) is 0. The van der Waals surface area contributed by atoms with Crippen molar-refractivity contribution >= 4 is 33.4 Å². The van der Waals surface area contributed by atoms with Gasteiger partial charge in [-0.3, -0.25) is 4.79 Å². The fourth-order valence-corrected chi connectivity index (χ4v) is 3.19. The van der Waals surface area contributed by atoms with Crippen molar-refractivity contribution in [3.05, 3.63) is 34.6 Å². The van der Waals surface area contributed by atoms with E-state index in [9.17, 15) is 9.18 Å². The van der Waals surface area contributed by atoms with E-state index in [0.717, 1.165) is 31.7 Å². The predicted molar refractivity (Wildman–Crippen MR) is 73.9 cm³/mol. The SMILES string of the molecule is O=C(NC1(CBr)CCCC1)c1ccc(Cl)cc1F. The Kier molecular flexibility index (Phi) is 4.28. The van der Waals surface area contributed by atoms with Crippen LogP contribution in [-0.4, -0.2) is 16.8 Å². The summed E-state index contributed by atoms with van der Waals surface area (Å²) in [5.41, 5.74) is -0.185. The molecule has 1 aliphatic carbocycles. The molecule has 0 unspecified atom stereocenters. The molecule has 0 atom stereocenters.